The van der Waals surface area contributed by atoms with Gasteiger partial charge in [-0.05, 0) is 56.5 Å². The number of nitrogens with one attached hydrogen (secondary N) is 2. The Balaban J connectivity index is 1.54. The molecule has 0 unspecified atom stereocenters. The number of fused-ring (bicyclic) bond motifs is 1. The van der Waals surface area contributed by atoms with Crippen LogP contribution in [0.2, 0.25) is 0 Å². The molecule has 2 aliphatic rings. The van der Waals surface area contributed by atoms with Crippen molar-refractivity contribution < 1.29 is 27.1 Å². The Hall–Kier alpha value is -2.50. The molecule has 2 aliphatic heterocycles. The standard InChI is InChI=1S/C22H23BrFN3O5S/c1-12-8-18-19(32-13(2)21(28)26-18)10-20(12)33(30,31)27-7-3-4-14(11-27)22(29)25-17-6-5-15(23)9-16(17)24/h5-6,8-10,13-14H,3-4,7,11H2,1-2H3,(H,25,29)(H,26,28)/t13-,14+/m0/s1. The fourth-order valence-corrected chi connectivity index (χ4v) is 6.04. The number of halogens is 2. The maximum atomic E-state index is 14.1. The quantitative estimate of drug-likeness (QED) is 0.616. The summed E-state index contributed by atoms with van der Waals surface area (Å²) in [5, 5.41) is 5.27. The van der Waals surface area contributed by atoms with Gasteiger partial charge >= 0.3 is 0 Å². The topological polar surface area (TPSA) is 105 Å². The van der Waals surface area contributed by atoms with Crippen LogP contribution in [-0.2, 0) is 19.6 Å². The van der Waals surface area contributed by atoms with E-state index < -0.39 is 33.8 Å². The number of ether oxygens (including phenoxy) is 1. The summed E-state index contributed by atoms with van der Waals surface area (Å²) in [7, 11) is -3.93. The molecule has 2 heterocycles. The molecule has 8 nitrogen and oxygen atoms in total. The van der Waals surface area contributed by atoms with Gasteiger partial charge in [-0.2, -0.15) is 4.31 Å². The summed E-state index contributed by atoms with van der Waals surface area (Å²) < 4.78 is 48.4. The van der Waals surface area contributed by atoms with Gasteiger partial charge in [-0.25, -0.2) is 12.8 Å². The van der Waals surface area contributed by atoms with Crippen molar-refractivity contribution in [2.75, 3.05) is 23.7 Å². The molecule has 4 rings (SSSR count). The summed E-state index contributed by atoms with van der Waals surface area (Å²) >= 11 is 3.17. The average Bonchev–Trinajstić information content (AvgIpc) is 2.76. The van der Waals surface area contributed by atoms with Crippen LogP contribution in [0.3, 0.4) is 0 Å². The number of anilines is 2. The summed E-state index contributed by atoms with van der Waals surface area (Å²) in [5.74, 6) is -1.65. The number of benzene rings is 2. The summed E-state index contributed by atoms with van der Waals surface area (Å²) in [4.78, 5) is 24.7. The number of sulfonamides is 1. The Morgan fingerprint density at radius 2 is 2.06 bits per heavy atom. The Morgan fingerprint density at radius 1 is 1.30 bits per heavy atom. The first kappa shape index (κ1) is 23.7. The van der Waals surface area contributed by atoms with Crippen molar-refractivity contribution in [3.63, 3.8) is 0 Å². The van der Waals surface area contributed by atoms with E-state index in [-0.39, 0.29) is 35.3 Å². The molecule has 11 heteroatoms. The predicted octanol–water partition coefficient (Wildman–Crippen LogP) is 3.66. The molecule has 0 aliphatic carbocycles. The van der Waals surface area contributed by atoms with Crippen LogP contribution in [0.5, 0.6) is 5.75 Å². The Kier molecular flexibility index (Phi) is 6.47. The zero-order valence-electron chi connectivity index (χ0n) is 18.0. The zero-order valence-corrected chi connectivity index (χ0v) is 20.4. The summed E-state index contributed by atoms with van der Waals surface area (Å²) in [5.41, 5.74) is 0.916. The van der Waals surface area contributed by atoms with Gasteiger partial charge < -0.3 is 15.4 Å². The lowest BCUT2D eigenvalue weighted by Crippen LogP contribution is -2.44. The van der Waals surface area contributed by atoms with Gasteiger partial charge in [0.2, 0.25) is 15.9 Å². The molecular weight excluding hydrogens is 517 g/mol. The van der Waals surface area contributed by atoms with Crippen LogP contribution < -0.4 is 15.4 Å². The molecule has 33 heavy (non-hydrogen) atoms. The fourth-order valence-electron chi connectivity index (χ4n) is 3.96. The van der Waals surface area contributed by atoms with Crippen molar-refractivity contribution in [2.45, 2.75) is 37.7 Å². The Labute approximate surface area is 199 Å². The van der Waals surface area contributed by atoms with Gasteiger partial charge in [0.05, 0.1) is 22.2 Å². The molecule has 1 fully saturated rings. The van der Waals surface area contributed by atoms with Crippen molar-refractivity contribution in [3.05, 3.63) is 46.2 Å². The highest BCUT2D eigenvalue weighted by atomic mass is 79.9. The lowest BCUT2D eigenvalue weighted by atomic mass is 9.98. The summed E-state index contributed by atoms with van der Waals surface area (Å²) in [6.07, 6.45) is 0.248. The Bertz CT molecular complexity index is 1240. The predicted molar refractivity (Wildman–Crippen MR) is 124 cm³/mol. The number of hydrogen-bond donors (Lipinski definition) is 2. The number of rotatable bonds is 4. The molecule has 1 saturated heterocycles. The smallest absolute Gasteiger partial charge is 0.265 e. The van der Waals surface area contributed by atoms with E-state index in [4.69, 9.17) is 4.74 Å². The largest absolute Gasteiger partial charge is 0.479 e. The highest BCUT2D eigenvalue weighted by Crippen LogP contribution is 2.36. The highest BCUT2D eigenvalue weighted by Gasteiger charge is 2.35. The van der Waals surface area contributed by atoms with E-state index in [1.807, 2.05) is 0 Å². The second-order valence-corrected chi connectivity index (χ2v) is 11.0. The molecule has 0 bridgehead atoms. The minimum atomic E-state index is -3.93. The number of carbonyl (C=O) groups is 2. The van der Waals surface area contributed by atoms with Gasteiger partial charge in [-0.1, -0.05) is 15.9 Å². The van der Waals surface area contributed by atoms with E-state index in [0.717, 1.165) is 0 Å². The molecular formula is C22H23BrFN3O5S. The second-order valence-electron chi connectivity index (χ2n) is 8.18. The molecule has 2 aromatic carbocycles. The average molecular weight is 540 g/mol. The molecule has 0 spiro atoms. The van der Waals surface area contributed by atoms with Gasteiger partial charge in [0.1, 0.15) is 11.6 Å². The molecule has 2 amide bonds. The third-order valence-corrected chi connectivity index (χ3v) is 8.27. The highest BCUT2D eigenvalue weighted by molar-refractivity contribution is 9.10. The number of amides is 2. The van der Waals surface area contributed by atoms with Crippen LogP contribution in [0.15, 0.2) is 39.7 Å². The lowest BCUT2D eigenvalue weighted by Gasteiger charge is -2.32. The van der Waals surface area contributed by atoms with Gasteiger partial charge in [-0.15, -0.1) is 0 Å². The minimum absolute atomic E-state index is 0.0170. The van der Waals surface area contributed by atoms with Crippen molar-refractivity contribution >= 4 is 49.1 Å². The van der Waals surface area contributed by atoms with Crippen LogP contribution >= 0.6 is 15.9 Å². The monoisotopic (exact) mass is 539 g/mol. The Morgan fingerprint density at radius 3 is 2.79 bits per heavy atom. The van der Waals surface area contributed by atoms with Crippen LogP contribution in [0.4, 0.5) is 15.8 Å². The van der Waals surface area contributed by atoms with Gasteiger partial charge in [0.15, 0.2) is 6.10 Å². The van der Waals surface area contributed by atoms with Crippen LogP contribution in [0.1, 0.15) is 25.3 Å². The lowest BCUT2D eigenvalue weighted by molar-refractivity contribution is -0.123. The van der Waals surface area contributed by atoms with E-state index in [1.54, 1.807) is 26.0 Å². The van der Waals surface area contributed by atoms with E-state index >= 15 is 0 Å². The van der Waals surface area contributed by atoms with Crippen molar-refractivity contribution in [1.29, 1.82) is 0 Å². The number of nitrogens with zero attached hydrogens (tertiary/aromatic N) is 1. The fraction of sp³-hybridized carbons (Fsp3) is 0.364. The third kappa shape index (κ3) is 4.75. The van der Waals surface area contributed by atoms with E-state index in [0.29, 0.717) is 28.6 Å². The van der Waals surface area contributed by atoms with Gasteiger partial charge in [0, 0.05) is 23.6 Å². The normalized spacial score (nSPS) is 21.0. The van der Waals surface area contributed by atoms with Crippen molar-refractivity contribution in [3.8, 4) is 5.75 Å². The first-order valence-electron chi connectivity index (χ1n) is 10.4. The molecule has 0 radical (unpaired) electrons. The third-order valence-electron chi connectivity index (χ3n) is 5.77. The zero-order chi connectivity index (χ0) is 23.9. The second kappa shape index (κ2) is 9.03. The first-order chi connectivity index (χ1) is 15.6. The molecule has 0 saturated carbocycles. The van der Waals surface area contributed by atoms with E-state index in [9.17, 15) is 22.4 Å². The van der Waals surface area contributed by atoms with E-state index in [2.05, 4.69) is 26.6 Å². The van der Waals surface area contributed by atoms with Crippen molar-refractivity contribution in [1.82, 2.24) is 4.31 Å². The number of piperidine rings is 1. The maximum Gasteiger partial charge on any atom is 0.265 e. The summed E-state index contributed by atoms with van der Waals surface area (Å²) in [6.45, 7) is 3.47. The molecule has 0 aromatic heterocycles. The SMILES string of the molecule is Cc1cc2c(cc1S(=O)(=O)N1CCC[C@@H](C(=O)Nc3ccc(Br)cc3F)C1)O[C@@H](C)C(=O)N2. The minimum Gasteiger partial charge on any atom is -0.479 e. The van der Waals surface area contributed by atoms with Gasteiger partial charge in [0.25, 0.3) is 5.91 Å². The molecule has 2 N–H and O–H groups in total. The van der Waals surface area contributed by atoms with Crippen LogP contribution in [-0.4, -0.2) is 43.7 Å². The van der Waals surface area contributed by atoms with Gasteiger partial charge in [-0.3, -0.25) is 9.59 Å². The molecule has 2 atom stereocenters. The molecule has 2 aromatic rings. The molecule has 176 valence electrons. The maximum absolute atomic E-state index is 14.1. The first-order valence-corrected chi connectivity index (χ1v) is 12.7. The number of aryl methyl sites for hydroxylation is 1. The summed E-state index contributed by atoms with van der Waals surface area (Å²) in [6, 6.07) is 7.29. The number of carbonyl (C=O) groups excluding carboxylic acids is 2. The van der Waals surface area contributed by atoms with Crippen molar-refractivity contribution in [2.24, 2.45) is 5.92 Å². The van der Waals surface area contributed by atoms with E-state index in [1.165, 1.54) is 22.5 Å². The van der Waals surface area contributed by atoms with Crippen LogP contribution in [0, 0.1) is 18.7 Å². The van der Waals surface area contributed by atoms with Crippen LogP contribution in [0.25, 0.3) is 0 Å². The number of hydrogen-bond acceptors (Lipinski definition) is 5.